The van der Waals surface area contributed by atoms with Crippen LogP contribution < -0.4 is 0 Å². The van der Waals surface area contributed by atoms with E-state index in [0.29, 0.717) is 13.0 Å². The van der Waals surface area contributed by atoms with Crippen molar-refractivity contribution in [2.45, 2.75) is 18.3 Å². The summed E-state index contributed by atoms with van der Waals surface area (Å²) in [5.41, 5.74) is -5.40. The minimum absolute atomic E-state index is 0.120. The fourth-order valence-electron chi connectivity index (χ4n) is 0.790. The lowest BCUT2D eigenvalue weighted by molar-refractivity contribution is -0.0527. The maximum absolute atomic E-state index is 11.8. The van der Waals surface area contributed by atoms with E-state index in [2.05, 4.69) is 8.92 Å². The van der Waals surface area contributed by atoms with Crippen molar-refractivity contribution in [2.24, 2.45) is 0 Å². The Bertz CT molecular complexity index is 329. The van der Waals surface area contributed by atoms with Crippen LogP contribution in [0.4, 0.5) is 13.2 Å². The van der Waals surface area contributed by atoms with Crippen LogP contribution in [0.25, 0.3) is 0 Å². The van der Waals surface area contributed by atoms with Crippen LogP contribution in [0, 0.1) is 0 Å². The van der Waals surface area contributed by atoms with Crippen LogP contribution in [-0.4, -0.2) is 20.5 Å². The topological polar surface area (TPSA) is 52.6 Å². The minimum atomic E-state index is -5.55. The van der Waals surface area contributed by atoms with Crippen molar-refractivity contribution >= 4 is 10.1 Å². The first kappa shape index (κ1) is 11.2. The van der Waals surface area contributed by atoms with Gasteiger partial charge in [0.2, 0.25) is 0 Å². The van der Waals surface area contributed by atoms with Crippen LogP contribution in [0.5, 0.6) is 0 Å². The van der Waals surface area contributed by atoms with Crippen molar-refractivity contribution in [3.8, 4) is 0 Å². The van der Waals surface area contributed by atoms with Crippen molar-refractivity contribution in [3.05, 3.63) is 12.0 Å². The first-order valence-corrected chi connectivity index (χ1v) is 5.05. The number of halogens is 3. The highest BCUT2D eigenvalue weighted by molar-refractivity contribution is 7.87. The van der Waals surface area contributed by atoms with E-state index in [1.807, 2.05) is 0 Å². The van der Waals surface area contributed by atoms with Gasteiger partial charge in [-0.15, -0.1) is 0 Å². The van der Waals surface area contributed by atoms with Crippen LogP contribution in [0.2, 0.25) is 0 Å². The predicted molar refractivity (Wildman–Crippen MR) is 39.3 cm³/mol. The van der Waals surface area contributed by atoms with Crippen molar-refractivity contribution in [2.75, 3.05) is 6.61 Å². The summed E-state index contributed by atoms with van der Waals surface area (Å²) in [4.78, 5) is 0. The Morgan fingerprint density at radius 3 is 2.50 bits per heavy atom. The molecule has 8 heteroatoms. The molecule has 82 valence electrons. The molecule has 1 aliphatic rings. The number of allylic oxidation sites excluding steroid dienone is 1. The summed E-state index contributed by atoms with van der Waals surface area (Å²) < 4.78 is 64.8. The molecule has 14 heavy (non-hydrogen) atoms. The second-order valence-electron chi connectivity index (χ2n) is 2.54. The molecule has 0 saturated heterocycles. The summed E-state index contributed by atoms with van der Waals surface area (Å²) in [5.74, 6) is -0.325. The average molecular weight is 232 g/mol. The van der Waals surface area contributed by atoms with Gasteiger partial charge in [-0.25, -0.2) is 0 Å². The van der Waals surface area contributed by atoms with Gasteiger partial charge in [0.15, 0.2) is 5.76 Å². The Morgan fingerprint density at radius 2 is 2.07 bits per heavy atom. The smallest absolute Gasteiger partial charge is 0.498 e. The fraction of sp³-hybridized carbons (Fsp3) is 0.667. The molecule has 0 aromatic carbocycles. The van der Waals surface area contributed by atoms with E-state index in [1.165, 1.54) is 0 Å². The molecule has 0 aromatic heterocycles. The number of hydrogen-bond acceptors (Lipinski definition) is 4. The van der Waals surface area contributed by atoms with E-state index < -0.39 is 15.6 Å². The van der Waals surface area contributed by atoms with E-state index in [0.717, 1.165) is 6.26 Å². The molecular weight excluding hydrogens is 225 g/mol. The lowest BCUT2D eigenvalue weighted by Crippen LogP contribution is -2.25. The van der Waals surface area contributed by atoms with Crippen LogP contribution in [-0.2, 0) is 19.0 Å². The third-order valence-corrected chi connectivity index (χ3v) is 2.40. The van der Waals surface area contributed by atoms with Crippen molar-refractivity contribution in [1.29, 1.82) is 0 Å². The Balaban J connectivity index is 2.73. The third-order valence-electron chi connectivity index (χ3n) is 1.40. The highest BCUT2D eigenvalue weighted by atomic mass is 32.2. The van der Waals surface area contributed by atoms with Crippen molar-refractivity contribution in [1.82, 2.24) is 0 Å². The molecule has 0 N–H and O–H groups in total. The molecule has 0 aromatic rings. The Morgan fingerprint density at radius 1 is 1.43 bits per heavy atom. The standard InChI is InChI=1S/C6H7F3O4S/c7-6(8,9)14(10,11)13-5-2-1-3-12-4-5/h4H,1-3H2. The number of hydrogen-bond donors (Lipinski definition) is 0. The van der Waals surface area contributed by atoms with Gasteiger partial charge < -0.3 is 8.92 Å². The van der Waals surface area contributed by atoms with Crippen LogP contribution in [0.15, 0.2) is 12.0 Å². The highest BCUT2D eigenvalue weighted by Crippen LogP contribution is 2.28. The van der Waals surface area contributed by atoms with Crippen molar-refractivity contribution < 1.29 is 30.5 Å². The van der Waals surface area contributed by atoms with E-state index in [-0.39, 0.29) is 12.2 Å². The maximum Gasteiger partial charge on any atom is 0.534 e. The van der Waals surface area contributed by atoms with Gasteiger partial charge in [0.05, 0.1) is 6.61 Å². The summed E-state index contributed by atoms with van der Waals surface area (Å²) in [6.45, 7) is 0.346. The minimum Gasteiger partial charge on any atom is -0.498 e. The predicted octanol–water partition coefficient (Wildman–Crippen LogP) is 1.50. The van der Waals surface area contributed by atoms with Gasteiger partial charge >= 0.3 is 15.6 Å². The number of alkyl halides is 3. The molecular formula is C6H7F3O4S. The SMILES string of the molecule is O=S(=O)(OC1=COCCC1)C(F)(F)F. The van der Waals surface area contributed by atoms with Crippen LogP contribution in [0.3, 0.4) is 0 Å². The maximum atomic E-state index is 11.8. The molecule has 0 saturated carbocycles. The number of ether oxygens (including phenoxy) is 1. The van der Waals surface area contributed by atoms with E-state index in [4.69, 9.17) is 0 Å². The van der Waals surface area contributed by atoms with E-state index >= 15 is 0 Å². The molecule has 1 rings (SSSR count). The second kappa shape index (κ2) is 3.68. The summed E-state index contributed by atoms with van der Waals surface area (Å²) in [7, 11) is -5.55. The Hall–Kier alpha value is -0.920. The van der Waals surface area contributed by atoms with Gasteiger partial charge in [-0.2, -0.15) is 21.6 Å². The van der Waals surface area contributed by atoms with Gasteiger partial charge in [0.1, 0.15) is 6.26 Å². The van der Waals surface area contributed by atoms with Crippen LogP contribution in [0.1, 0.15) is 12.8 Å². The lowest BCUT2D eigenvalue weighted by Gasteiger charge is -2.15. The molecule has 0 amide bonds. The van der Waals surface area contributed by atoms with Gasteiger partial charge in [-0.3, -0.25) is 0 Å². The Kier molecular flexibility index (Phi) is 2.93. The fourth-order valence-corrected chi connectivity index (χ4v) is 1.29. The van der Waals surface area contributed by atoms with Crippen LogP contribution >= 0.6 is 0 Å². The summed E-state index contributed by atoms with van der Waals surface area (Å²) in [6.07, 6.45) is 1.43. The molecule has 0 fully saturated rings. The molecule has 1 aliphatic heterocycles. The normalized spacial score (nSPS) is 18.4. The molecule has 0 bridgehead atoms. The monoisotopic (exact) mass is 232 g/mol. The van der Waals surface area contributed by atoms with Gasteiger partial charge in [0.25, 0.3) is 0 Å². The highest BCUT2D eigenvalue weighted by Gasteiger charge is 2.48. The zero-order valence-electron chi connectivity index (χ0n) is 6.87. The van der Waals surface area contributed by atoms with Gasteiger partial charge in [-0.1, -0.05) is 0 Å². The molecule has 0 aliphatic carbocycles. The Labute approximate surface area is 78.4 Å². The molecule has 0 unspecified atom stereocenters. The summed E-state index contributed by atoms with van der Waals surface area (Å²) in [5, 5.41) is 0. The summed E-state index contributed by atoms with van der Waals surface area (Å²) >= 11 is 0. The summed E-state index contributed by atoms with van der Waals surface area (Å²) in [6, 6.07) is 0. The quantitative estimate of drug-likeness (QED) is 0.534. The molecule has 0 atom stereocenters. The molecule has 4 nitrogen and oxygen atoms in total. The first-order valence-electron chi connectivity index (χ1n) is 3.64. The third kappa shape index (κ3) is 2.53. The zero-order chi connectivity index (χ0) is 10.8. The van der Waals surface area contributed by atoms with E-state index in [9.17, 15) is 21.6 Å². The lowest BCUT2D eigenvalue weighted by atomic mass is 10.3. The average Bonchev–Trinajstić information content (AvgIpc) is 2.03. The first-order chi connectivity index (χ1) is 6.33. The second-order valence-corrected chi connectivity index (χ2v) is 4.08. The molecule has 1 heterocycles. The molecule has 0 spiro atoms. The molecule has 0 radical (unpaired) electrons. The number of rotatable bonds is 2. The van der Waals surface area contributed by atoms with Gasteiger partial charge in [0, 0.05) is 6.42 Å². The zero-order valence-corrected chi connectivity index (χ0v) is 7.69. The van der Waals surface area contributed by atoms with Gasteiger partial charge in [-0.05, 0) is 6.42 Å². The largest absolute Gasteiger partial charge is 0.534 e. The van der Waals surface area contributed by atoms with Crippen molar-refractivity contribution in [3.63, 3.8) is 0 Å². The van der Waals surface area contributed by atoms with E-state index in [1.54, 1.807) is 0 Å².